The minimum Gasteiger partial charge on any atom is -0.393 e. The van der Waals surface area contributed by atoms with Crippen molar-refractivity contribution >= 4 is 5.78 Å². The van der Waals surface area contributed by atoms with Crippen molar-refractivity contribution in [3.05, 3.63) is 12.2 Å². The predicted octanol–water partition coefficient (Wildman–Crippen LogP) is 1.45. The monoisotopic (exact) mass is 234 g/mol. The van der Waals surface area contributed by atoms with Gasteiger partial charge in [0.1, 0.15) is 11.4 Å². The SMILES string of the molecule is C[C@]12CC(=O)[C@H]3CC4C=C[C@]3(O4)[C@@H]1CC[C@@H]2O. The Hall–Kier alpha value is -0.670. The first kappa shape index (κ1) is 10.3. The van der Waals surface area contributed by atoms with Gasteiger partial charge in [0.2, 0.25) is 0 Å². The molecule has 4 aliphatic rings. The van der Waals surface area contributed by atoms with Gasteiger partial charge in [0.15, 0.2) is 0 Å². The second-order valence-corrected chi connectivity index (χ2v) is 6.45. The molecule has 0 aromatic carbocycles. The van der Waals surface area contributed by atoms with Gasteiger partial charge < -0.3 is 9.84 Å². The van der Waals surface area contributed by atoms with Gasteiger partial charge in [-0.3, -0.25) is 4.79 Å². The van der Waals surface area contributed by atoms with Crippen molar-refractivity contribution in [1.82, 2.24) is 0 Å². The van der Waals surface area contributed by atoms with Crippen LogP contribution in [0.1, 0.15) is 32.6 Å². The van der Waals surface area contributed by atoms with Crippen molar-refractivity contribution in [3.8, 4) is 0 Å². The van der Waals surface area contributed by atoms with Gasteiger partial charge >= 0.3 is 0 Å². The van der Waals surface area contributed by atoms with Crippen LogP contribution in [0.4, 0.5) is 0 Å². The summed E-state index contributed by atoms with van der Waals surface area (Å²) in [5, 5.41) is 10.2. The first-order valence-electron chi connectivity index (χ1n) is 6.64. The molecule has 0 aromatic rings. The number of Topliss-reactive ketones (excluding diaryl/α,β-unsaturated/α-hetero) is 1. The molecule has 92 valence electrons. The number of aliphatic hydroxyl groups excluding tert-OH is 1. The molecule has 2 heterocycles. The highest BCUT2D eigenvalue weighted by Crippen LogP contribution is 2.63. The fourth-order valence-electron chi connectivity index (χ4n) is 4.86. The molecule has 2 bridgehead atoms. The maximum absolute atomic E-state index is 12.3. The quantitative estimate of drug-likeness (QED) is 0.645. The van der Waals surface area contributed by atoms with Crippen LogP contribution in [-0.2, 0) is 9.53 Å². The molecule has 1 N–H and O–H groups in total. The van der Waals surface area contributed by atoms with E-state index in [-0.39, 0.29) is 29.1 Å². The fourth-order valence-corrected chi connectivity index (χ4v) is 4.86. The highest BCUT2D eigenvalue weighted by molar-refractivity contribution is 5.86. The molecule has 6 atom stereocenters. The maximum atomic E-state index is 12.3. The van der Waals surface area contributed by atoms with E-state index in [1.165, 1.54) is 0 Å². The Morgan fingerprint density at radius 3 is 3.06 bits per heavy atom. The van der Waals surface area contributed by atoms with Crippen molar-refractivity contribution in [2.45, 2.75) is 50.4 Å². The minimum absolute atomic E-state index is 0.0564. The van der Waals surface area contributed by atoms with Crippen LogP contribution in [0, 0.1) is 17.3 Å². The lowest BCUT2D eigenvalue weighted by atomic mass is 9.56. The summed E-state index contributed by atoms with van der Waals surface area (Å²) in [5.41, 5.74) is -0.636. The number of fused-ring (bicyclic) bond motifs is 2. The average Bonchev–Trinajstić information content (AvgIpc) is 2.92. The third kappa shape index (κ3) is 0.995. The number of rotatable bonds is 0. The lowest BCUT2D eigenvalue weighted by molar-refractivity contribution is -0.152. The normalized spacial score (nSPS) is 59.5. The third-order valence-electron chi connectivity index (χ3n) is 5.71. The number of aliphatic hydroxyl groups is 1. The molecule has 0 aromatic heterocycles. The Balaban J connectivity index is 1.86. The smallest absolute Gasteiger partial charge is 0.139 e. The van der Waals surface area contributed by atoms with Gasteiger partial charge in [-0.05, 0) is 19.3 Å². The molecule has 0 amide bonds. The second kappa shape index (κ2) is 2.83. The van der Waals surface area contributed by atoms with E-state index in [2.05, 4.69) is 19.1 Å². The zero-order valence-electron chi connectivity index (χ0n) is 10.1. The molecule has 17 heavy (non-hydrogen) atoms. The van der Waals surface area contributed by atoms with E-state index in [1.54, 1.807) is 0 Å². The lowest BCUT2D eigenvalue weighted by Gasteiger charge is -2.49. The number of carbonyl (C=O) groups is 1. The van der Waals surface area contributed by atoms with Crippen LogP contribution in [0.2, 0.25) is 0 Å². The van der Waals surface area contributed by atoms with Crippen LogP contribution in [0.3, 0.4) is 0 Å². The lowest BCUT2D eigenvalue weighted by Crippen LogP contribution is -2.56. The van der Waals surface area contributed by atoms with Gasteiger partial charge in [0.25, 0.3) is 0 Å². The number of carbonyl (C=O) groups excluding carboxylic acids is 1. The van der Waals surface area contributed by atoms with Crippen molar-refractivity contribution in [2.24, 2.45) is 17.3 Å². The van der Waals surface area contributed by atoms with Crippen LogP contribution in [0.15, 0.2) is 12.2 Å². The number of ether oxygens (including phenoxy) is 1. The Labute approximate surface area is 101 Å². The van der Waals surface area contributed by atoms with Crippen LogP contribution >= 0.6 is 0 Å². The summed E-state index contributed by atoms with van der Waals surface area (Å²) >= 11 is 0. The van der Waals surface area contributed by atoms with Crippen molar-refractivity contribution in [1.29, 1.82) is 0 Å². The molecule has 2 saturated carbocycles. The molecule has 4 rings (SSSR count). The van der Waals surface area contributed by atoms with Crippen LogP contribution in [0.5, 0.6) is 0 Å². The zero-order valence-corrected chi connectivity index (χ0v) is 10.1. The van der Waals surface area contributed by atoms with E-state index < -0.39 is 0 Å². The molecular formula is C14H18O3. The molecule has 1 unspecified atom stereocenters. The molecular weight excluding hydrogens is 216 g/mol. The molecule has 2 aliphatic heterocycles. The summed E-state index contributed by atoms with van der Waals surface area (Å²) < 4.78 is 6.12. The molecule has 2 aliphatic carbocycles. The highest BCUT2D eigenvalue weighted by atomic mass is 16.5. The summed E-state index contributed by atoms with van der Waals surface area (Å²) in [4.78, 5) is 12.3. The predicted molar refractivity (Wildman–Crippen MR) is 61.3 cm³/mol. The van der Waals surface area contributed by atoms with Gasteiger partial charge in [-0.2, -0.15) is 0 Å². The molecule has 3 nitrogen and oxygen atoms in total. The maximum Gasteiger partial charge on any atom is 0.139 e. The highest BCUT2D eigenvalue weighted by Gasteiger charge is 2.67. The van der Waals surface area contributed by atoms with E-state index in [4.69, 9.17) is 4.74 Å². The summed E-state index contributed by atoms with van der Waals surface area (Å²) in [5.74, 6) is 0.675. The van der Waals surface area contributed by atoms with Crippen LogP contribution in [-0.4, -0.2) is 28.7 Å². The third-order valence-corrected chi connectivity index (χ3v) is 5.71. The van der Waals surface area contributed by atoms with E-state index in [0.717, 1.165) is 19.3 Å². The van der Waals surface area contributed by atoms with Crippen LogP contribution in [0.25, 0.3) is 0 Å². The first-order chi connectivity index (χ1) is 8.06. The summed E-state index contributed by atoms with van der Waals surface area (Å²) in [6, 6.07) is 0. The van der Waals surface area contributed by atoms with Crippen molar-refractivity contribution in [3.63, 3.8) is 0 Å². The molecule has 3 heteroatoms. The van der Waals surface area contributed by atoms with Crippen molar-refractivity contribution in [2.75, 3.05) is 0 Å². The topological polar surface area (TPSA) is 46.5 Å². The first-order valence-corrected chi connectivity index (χ1v) is 6.64. The van der Waals surface area contributed by atoms with E-state index in [9.17, 15) is 9.90 Å². The van der Waals surface area contributed by atoms with Gasteiger partial charge in [-0.1, -0.05) is 19.1 Å². The number of ketones is 1. The summed E-state index contributed by atoms with van der Waals surface area (Å²) in [6.07, 6.45) is 7.23. The zero-order chi connectivity index (χ0) is 11.8. The molecule has 0 radical (unpaired) electrons. The Morgan fingerprint density at radius 2 is 2.29 bits per heavy atom. The Bertz CT molecular complexity index is 429. The average molecular weight is 234 g/mol. The van der Waals surface area contributed by atoms with Gasteiger partial charge in [0.05, 0.1) is 18.1 Å². The van der Waals surface area contributed by atoms with E-state index >= 15 is 0 Å². The van der Waals surface area contributed by atoms with Crippen LogP contribution < -0.4 is 0 Å². The van der Waals surface area contributed by atoms with Crippen molar-refractivity contribution < 1.29 is 14.6 Å². The largest absolute Gasteiger partial charge is 0.393 e. The van der Waals surface area contributed by atoms with E-state index in [0.29, 0.717) is 18.1 Å². The van der Waals surface area contributed by atoms with Gasteiger partial charge in [-0.15, -0.1) is 0 Å². The summed E-state index contributed by atoms with van der Waals surface area (Å²) in [7, 11) is 0. The second-order valence-electron chi connectivity index (χ2n) is 6.45. The summed E-state index contributed by atoms with van der Waals surface area (Å²) in [6.45, 7) is 2.07. The van der Waals surface area contributed by atoms with Gasteiger partial charge in [-0.25, -0.2) is 0 Å². The fraction of sp³-hybridized carbons (Fsp3) is 0.786. The minimum atomic E-state index is -0.369. The number of hydrogen-bond donors (Lipinski definition) is 1. The standard InChI is InChI=1S/C14H18O3/c1-13-7-10(15)9-6-8-4-5-14(9,17-8)11(13)2-3-12(13)16/h4-5,8-9,11-12,16H,2-3,6-7H2,1H3/t8?,9-,11-,12+,13+,14-/m1/s1. The Kier molecular flexibility index (Phi) is 1.71. The number of hydrogen-bond acceptors (Lipinski definition) is 3. The molecule has 1 spiro atoms. The molecule has 1 saturated heterocycles. The van der Waals surface area contributed by atoms with Gasteiger partial charge in [0, 0.05) is 17.8 Å². The van der Waals surface area contributed by atoms with E-state index in [1.807, 2.05) is 0 Å². The molecule has 3 fully saturated rings. The Morgan fingerprint density at radius 1 is 1.47 bits per heavy atom.